The van der Waals surface area contributed by atoms with Crippen LogP contribution in [0.5, 0.6) is 0 Å². The highest BCUT2D eigenvalue weighted by molar-refractivity contribution is 6.05. The smallest absolute Gasteiger partial charge is 0.407 e. The highest BCUT2D eigenvalue weighted by Crippen LogP contribution is 2.49. The molecule has 4 amide bonds. The number of nitrogens with one attached hydrogen (secondary N) is 2. The standard InChI is InChI=1S/C32H41N5O4/c38-29-11-16-37(30(39)34-29)28-8-4-7-27(19-28)36-14-9-24(10-15-36)22-35-17-12-32(13-18-35)20-26(21-32)33-31(40)41-23-25-5-2-1-3-6-25/h1-8,19,24,26H,9-18,20-23H2,(H,33,40)(H,34,38,39). The number of nitrogens with zero attached hydrogens (tertiary/aromatic N) is 3. The lowest BCUT2D eigenvalue weighted by Gasteiger charge is -2.52. The van der Waals surface area contributed by atoms with E-state index in [1.807, 2.05) is 42.5 Å². The van der Waals surface area contributed by atoms with E-state index in [1.165, 1.54) is 32.2 Å². The number of amides is 4. The van der Waals surface area contributed by atoms with Crippen molar-refractivity contribution < 1.29 is 19.1 Å². The van der Waals surface area contributed by atoms with E-state index in [0.717, 1.165) is 56.0 Å². The number of hydrogen-bond donors (Lipinski definition) is 2. The van der Waals surface area contributed by atoms with Crippen molar-refractivity contribution in [3.63, 3.8) is 0 Å². The fourth-order valence-electron chi connectivity index (χ4n) is 7.04. The zero-order valence-corrected chi connectivity index (χ0v) is 23.7. The Kier molecular flexibility index (Phi) is 8.14. The molecule has 1 spiro atoms. The Bertz CT molecular complexity index is 1230. The first kappa shape index (κ1) is 27.6. The summed E-state index contributed by atoms with van der Waals surface area (Å²) in [6.07, 6.45) is 6.92. The molecule has 0 unspecified atom stereocenters. The molecular weight excluding hydrogens is 518 g/mol. The topological polar surface area (TPSA) is 94.2 Å². The van der Waals surface area contributed by atoms with Crippen LogP contribution in [0.15, 0.2) is 54.6 Å². The van der Waals surface area contributed by atoms with Gasteiger partial charge in [-0.3, -0.25) is 15.0 Å². The molecule has 2 N–H and O–H groups in total. The maximum atomic E-state index is 12.3. The third-order valence-electron chi connectivity index (χ3n) is 9.50. The zero-order chi connectivity index (χ0) is 28.2. The van der Waals surface area contributed by atoms with Crippen LogP contribution in [0.3, 0.4) is 0 Å². The van der Waals surface area contributed by atoms with Crippen molar-refractivity contribution in [1.29, 1.82) is 0 Å². The molecule has 1 aliphatic carbocycles. The molecule has 0 radical (unpaired) electrons. The van der Waals surface area contributed by atoms with Gasteiger partial charge in [0.15, 0.2) is 0 Å². The van der Waals surface area contributed by atoms with Gasteiger partial charge in [0.2, 0.25) is 5.91 Å². The summed E-state index contributed by atoms with van der Waals surface area (Å²) in [6, 6.07) is 17.8. The maximum absolute atomic E-state index is 12.3. The number of rotatable bonds is 7. The van der Waals surface area contributed by atoms with E-state index in [1.54, 1.807) is 4.90 Å². The first-order chi connectivity index (χ1) is 19.9. The number of carbonyl (C=O) groups excluding carboxylic acids is 3. The van der Waals surface area contributed by atoms with Gasteiger partial charge in [-0.1, -0.05) is 36.4 Å². The highest BCUT2D eigenvalue weighted by Gasteiger charge is 2.46. The van der Waals surface area contributed by atoms with Gasteiger partial charge in [-0.25, -0.2) is 9.59 Å². The van der Waals surface area contributed by atoms with Gasteiger partial charge in [0, 0.05) is 50.0 Å². The first-order valence-corrected chi connectivity index (χ1v) is 15.1. The van der Waals surface area contributed by atoms with Crippen LogP contribution in [0.25, 0.3) is 0 Å². The first-order valence-electron chi connectivity index (χ1n) is 15.1. The highest BCUT2D eigenvalue weighted by atomic mass is 16.5. The van der Waals surface area contributed by atoms with Gasteiger partial charge in [0.1, 0.15) is 6.61 Å². The van der Waals surface area contributed by atoms with Crippen molar-refractivity contribution in [2.75, 3.05) is 49.1 Å². The minimum atomic E-state index is -0.338. The number of anilines is 2. The van der Waals surface area contributed by atoms with Crippen LogP contribution in [0, 0.1) is 11.3 Å². The average molecular weight is 560 g/mol. The summed E-state index contributed by atoms with van der Waals surface area (Å²) in [5.41, 5.74) is 3.38. The van der Waals surface area contributed by atoms with E-state index in [9.17, 15) is 14.4 Å². The lowest BCUT2D eigenvalue weighted by atomic mass is 9.60. The Hall–Kier alpha value is -3.59. The molecule has 6 rings (SSSR count). The van der Waals surface area contributed by atoms with E-state index in [2.05, 4.69) is 32.6 Å². The minimum absolute atomic E-state index is 0.209. The second-order valence-electron chi connectivity index (χ2n) is 12.3. The Morgan fingerprint density at radius 2 is 1.66 bits per heavy atom. The molecule has 41 heavy (non-hydrogen) atoms. The normalized spacial score (nSPS) is 21.9. The van der Waals surface area contributed by atoms with Crippen molar-refractivity contribution in [1.82, 2.24) is 15.5 Å². The molecule has 0 aromatic heterocycles. The number of urea groups is 1. The van der Waals surface area contributed by atoms with E-state index < -0.39 is 0 Å². The summed E-state index contributed by atoms with van der Waals surface area (Å²) < 4.78 is 5.40. The number of piperidine rings is 2. The Labute approximate surface area is 242 Å². The van der Waals surface area contributed by atoms with E-state index >= 15 is 0 Å². The average Bonchev–Trinajstić information content (AvgIpc) is 2.97. The number of ether oxygens (including phenoxy) is 1. The molecule has 3 aliphatic heterocycles. The summed E-state index contributed by atoms with van der Waals surface area (Å²) in [6.45, 7) is 6.23. The maximum Gasteiger partial charge on any atom is 0.407 e. The van der Waals surface area contributed by atoms with Crippen molar-refractivity contribution in [2.45, 2.75) is 57.6 Å². The molecule has 3 heterocycles. The van der Waals surface area contributed by atoms with Gasteiger partial charge in [0.05, 0.1) is 0 Å². The van der Waals surface area contributed by atoms with Crippen LogP contribution in [0.4, 0.5) is 21.0 Å². The van der Waals surface area contributed by atoms with Gasteiger partial charge in [-0.05, 0) is 86.7 Å². The molecule has 0 atom stereocenters. The quantitative estimate of drug-likeness (QED) is 0.518. The van der Waals surface area contributed by atoms with Gasteiger partial charge in [0.25, 0.3) is 0 Å². The van der Waals surface area contributed by atoms with Crippen molar-refractivity contribution in [3.05, 3.63) is 60.2 Å². The fraction of sp³-hybridized carbons (Fsp3) is 0.531. The molecular formula is C32H41N5O4. The molecule has 9 heteroatoms. The summed E-state index contributed by atoms with van der Waals surface area (Å²) in [7, 11) is 0. The number of imide groups is 1. The molecule has 218 valence electrons. The number of likely N-dealkylation sites (tertiary alicyclic amines) is 1. The number of benzene rings is 2. The zero-order valence-electron chi connectivity index (χ0n) is 23.7. The van der Waals surface area contributed by atoms with Gasteiger partial charge < -0.3 is 19.9 Å². The lowest BCUT2D eigenvalue weighted by molar-refractivity contribution is -0.120. The molecule has 3 saturated heterocycles. The van der Waals surface area contributed by atoms with Crippen LogP contribution in [0.2, 0.25) is 0 Å². The number of hydrogen-bond acceptors (Lipinski definition) is 6. The molecule has 0 bridgehead atoms. The third kappa shape index (κ3) is 6.67. The summed E-state index contributed by atoms with van der Waals surface area (Å²) in [5.74, 6) is 0.497. The minimum Gasteiger partial charge on any atom is -0.445 e. The largest absolute Gasteiger partial charge is 0.445 e. The summed E-state index contributed by atoms with van der Waals surface area (Å²) in [5, 5.41) is 5.47. The fourth-order valence-corrected chi connectivity index (χ4v) is 7.04. The molecule has 4 aliphatic rings. The predicted octanol–water partition coefficient (Wildman–Crippen LogP) is 4.52. The second kappa shape index (κ2) is 12.1. The van der Waals surface area contributed by atoms with Crippen molar-refractivity contribution >= 4 is 29.4 Å². The summed E-state index contributed by atoms with van der Waals surface area (Å²) in [4.78, 5) is 42.7. The second-order valence-corrected chi connectivity index (χ2v) is 12.3. The molecule has 1 saturated carbocycles. The SMILES string of the molecule is O=C1CCN(c2cccc(N3CCC(CN4CCC5(CC4)CC(NC(=O)OCc4ccccc4)C5)CC3)c2)C(=O)N1. The third-order valence-corrected chi connectivity index (χ3v) is 9.50. The summed E-state index contributed by atoms with van der Waals surface area (Å²) >= 11 is 0. The van der Waals surface area contributed by atoms with Crippen LogP contribution in [-0.2, 0) is 16.1 Å². The van der Waals surface area contributed by atoms with Crippen molar-refractivity contribution in [2.24, 2.45) is 11.3 Å². The molecule has 2 aromatic carbocycles. The van der Waals surface area contributed by atoms with Crippen LogP contribution < -0.4 is 20.4 Å². The molecule has 9 nitrogen and oxygen atoms in total. The van der Waals surface area contributed by atoms with E-state index in [4.69, 9.17) is 4.74 Å². The number of alkyl carbamates (subject to hydrolysis) is 1. The Morgan fingerprint density at radius 1 is 0.927 bits per heavy atom. The Balaban J connectivity index is 0.895. The van der Waals surface area contributed by atoms with Crippen LogP contribution >= 0.6 is 0 Å². The number of carbonyl (C=O) groups is 3. The Morgan fingerprint density at radius 3 is 2.39 bits per heavy atom. The predicted molar refractivity (Wildman–Crippen MR) is 158 cm³/mol. The monoisotopic (exact) mass is 559 g/mol. The van der Waals surface area contributed by atoms with Gasteiger partial charge >= 0.3 is 12.1 Å². The van der Waals surface area contributed by atoms with Crippen molar-refractivity contribution in [3.8, 4) is 0 Å². The molecule has 2 aromatic rings. The van der Waals surface area contributed by atoms with E-state index in [-0.39, 0.29) is 24.1 Å². The van der Waals surface area contributed by atoms with E-state index in [0.29, 0.717) is 30.9 Å². The van der Waals surface area contributed by atoms with Gasteiger partial charge in [-0.2, -0.15) is 0 Å². The van der Waals surface area contributed by atoms with Crippen LogP contribution in [-0.4, -0.2) is 68.2 Å². The molecule has 4 fully saturated rings. The lowest BCUT2D eigenvalue weighted by Crippen LogP contribution is -2.55. The van der Waals surface area contributed by atoms with Gasteiger partial charge in [-0.15, -0.1) is 0 Å². The van der Waals surface area contributed by atoms with Crippen LogP contribution in [0.1, 0.15) is 50.5 Å².